The molecule has 154 valence electrons. The number of para-hydroxylation sites is 1. The fourth-order valence-corrected chi connectivity index (χ4v) is 2.92. The lowest BCUT2D eigenvalue weighted by molar-refractivity contribution is -0.119. The van der Waals surface area contributed by atoms with Gasteiger partial charge in [-0.25, -0.2) is 4.79 Å². The number of nitrogens with zero attached hydrogens (tertiary/aromatic N) is 1. The zero-order valence-electron chi connectivity index (χ0n) is 17.1. The number of anilines is 1. The number of amides is 2. The van der Waals surface area contributed by atoms with Crippen LogP contribution in [0.2, 0.25) is 0 Å². The maximum absolute atomic E-state index is 12.7. The van der Waals surface area contributed by atoms with Crippen LogP contribution < -0.4 is 10.6 Å². The molecular weight excluding hydrogens is 382 g/mol. The molecule has 0 aliphatic rings. The summed E-state index contributed by atoms with van der Waals surface area (Å²) in [4.78, 5) is 41.0. The van der Waals surface area contributed by atoms with E-state index < -0.39 is 18.5 Å². The van der Waals surface area contributed by atoms with Crippen LogP contribution in [0.1, 0.15) is 46.2 Å². The Hall–Kier alpha value is -3.74. The van der Waals surface area contributed by atoms with Gasteiger partial charge in [0.25, 0.3) is 11.8 Å². The van der Waals surface area contributed by atoms with Gasteiger partial charge < -0.3 is 15.4 Å². The molecule has 0 aliphatic carbocycles. The van der Waals surface area contributed by atoms with E-state index in [0.717, 1.165) is 5.69 Å². The third-order valence-corrected chi connectivity index (χ3v) is 4.54. The van der Waals surface area contributed by atoms with E-state index in [0.29, 0.717) is 27.7 Å². The monoisotopic (exact) mass is 405 g/mol. The average Bonchev–Trinajstić information content (AvgIpc) is 2.76. The summed E-state index contributed by atoms with van der Waals surface area (Å²) in [6, 6.07) is 15.4. The number of esters is 1. The Kier molecular flexibility index (Phi) is 6.41. The van der Waals surface area contributed by atoms with Crippen LogP contribution in [0, 0.1) is 0 Å². The van der Waals surface area contributed by atoms with E-state index in [9.17, 15) is 14.4 Å². The van der Waals surface area contributed by atoms with Gasteiger partial charge in [-0.2, -0.15) is 0 Å². The second kappa shape index (κ2) is 9.17. The predicted octanol–water partition coefficient (Wildman–Crippen LogP) is 3.51. The number of carbonyl (C=O) groups is 3. The fourth-order valence-electron chi connectivity index (χ4n) is 2.92. The van der Waals surface area contributed by atoms with E-state index in [1.54, 1.807) is 43.4 Å². The molecule has 0 saturated carbocycles. The number of carbonyl (C=O) groups excluding carboxylic acids is 3. The van der Waals surface area contributed by atoms with E-state index in [4.69, 9.17) is 4.74 Å². The van der Waals surface area contributed by atoms with Gasteiger partial charge in [-0.1, -0.05) is 32.0 Å². The van der Waals surface area contributed by atoms with Crippen molar-refractivity contribution in [1.82, 2.24) is 10.3 Å². The van der Waals surface area contributed by atoms with Crippen molar-refractivity contribution >= 4 is 34.4 Å². The lowest BCUT2D eigenvalue weighted by atomic mass is 10.0. The zero-order valence-corrected chi connectivity index (χ0v) is 17.1. The van der Waals surface area contributed by atoms with Crippen molar-refractivity contribution in [3.63, 3.8) is 0 Å². The third-order valence-electron chi connectivity index (χ3n) is 4.54. The minimum Gasteiger partial charge on any atom is -0.452 e. The van der Waals surface area contributed by atoms with Gasteiger partial charge >= 0.3 is 5.97 Å². The van der Waals surface area contributed by atoms with Crippen molar-refractivity contribution in [2.24, 2.45) is 0 Å². The Labute approximate surface area is 174 Å². The second-order valence-corrected chi connectivity index (χ2v) is 7.05. The van der Waals surface area contributed by atoms with Gasteiger partial charge in [0.2, 0.25) is 0 Å². The molecule has 2 aromatic carbocycles. The summed E-state index contributed by atoms with van der Waals surface area (Å²) in [5, 5.41) is 5.84. The lowest BCUT2D eigenvalue weighted by Crippen LogP contribution is -2.21. The number of hydrogen-bond donors (Lipinski definition) is 2. The molecule has 3 aromatic rings. The van der Waals surface area contributed by atoms with Crippen LogP contribution in [-0.2, 0) is 9.53 Å². The Balaban J connectivity index is 1.68. The molecule has 0 radical (unpaired) electrons. The van der Waals surface area contributed by atoms with Crippen molar-refractivity contribution in [2.45, 2.75) is 19.8 Å². The van der Waals surface area contributed by atoms with Gasteiger partial charge in [0, 0.05) is 29.4 Å². The number of aromatic nitrogens is 1. The molecule has 0 spiro atoms. The molecule has 0 aliphatic heterocycles. The van der Waals surface area contributed by atoms with E-state index >= 15 is 0 Å². The minimum atomic E-state index is -0.583. The highest BCUT2D eigenvalue weighted by Gasteiger charge is 2.17. The number of pyridine rings is 1. The SMILES string of the molecule is CNC(=O)c1ccc(NC(=O)COC(=O)c2cc(C(C)C)nc3ccccc23)cc1. The van der Waals surface area contributed by atoms with Crippen molar-refractivity contribution in [3.8, 4) is 0 Å². The molecular formula is C23H23N3O4. The summed E-state index contributed by atoms with van der Waals surface area (Å²) in [6.45, 7) is 3.56. The first-order chi connectivity index (χ1) is 14.4. The molecule has 3 rings (SSSR count). The van der Waals surface area contributed by atoms with E-state index in [2.05, 4.69) is 15.6 Å². The highest BCUT2D eigenvalue weighted by atomic mass is 16.5. The Bertz CT molecular complexity index is 1090. The lowest BCUT2D eigenvalue weighted by Gasteiger charge is -2.12. The third kappa shape index (κ3) is 4.81. The van der Waals surface area contributed by atoms with E-state index in [1.165, 1.54) is 0 Å². The molecule has 30 heavy (non-hydrogen) atoms. The molecule has 1 aromatic heterocycles. The Morgan fingerprint density at radius 1 is 1.03 bits per heavy atom. The second-order valence-electron chi connectivity index (χ2n) is 7.05. The average molecular weight is 405 g/mol. The molecule has 7 nitrogen and oxygen atoms in total. The summed E-state index contributed by atoms with van der Waals surface area (Å²) in [5.41, 5.74) is 2.84. The smallest absolute Gasteiger partial charge is 0.339 e. The van der Waals surface area contributed by atoms with Crippen LogP contribution in [0.5, 0.6) is 0 Å². The van der Waals surface area contributed by atoms with Crippen LogP contribution in [0.25, 0.3) is 10.9 Å². The van der Waals surface area contributed by atoms with Crippen LogP contribution in [0.3, 0.4) is 0 Å². The van der Waals surface area contributed by atoms with Crippen molar-refractivity contribution in [2.75, 3.05) is 19.0 Å². The zero-order chi connectivity index (χ0) is 21.7. The first-order valence-electron chi connectivity index (χ1n) is 9.58. The Morgan fingerprint density at radius 3 is 2.40 bits per heavy atom. The standard InChI is InChI=1S/C23H23N3O4/c1-14(2)20-12-18(17-6-4-5-7-19(17)26-20)23(29)30-13-21(27)25-16-10-8-15(9-11-16)22(28)24-3/h4-12,14H,13H2,1-3H3,(H,24,28)(H,25,27). The van der Waals surface area contributed by atoms with Gasteiger partial charge in [0.05, 0.1) is 11.1 Å². The fraction of sp³-hybridized carbons (Fsp3) is 0.217. The minimum absolute atomic E-state index is 0.141. The van der Waals surface area contributed by atoms with Crippen LogP contribution >= 0.6 is 0 Å². The Morgan fingerprint density at radius 2 is 1.73 bits per heavy atom. The summed E-state index contributed by atoms with van der Waals surface area (Å²) < 4.78 is 5.24. The maximum atomic E-state index is 12.7. The normalized spacial score (nSPS) is 10.7. The van der Waals surface area contributed by atoms with Gasteiger partial charge in [-0.05, 0) is 42.3 Å². The molecule has 0 saturated heterocycles. The largest absolute Gasteiger partial charge is 0.452 e. The molecule has 7 heteroatoms. The van der Waals surface area contributed by atoms with Crippen molar-refractivity contribution in [3.05, 3.63) is 71.4 Å². The molecule has 0 atom stereocenters. The molecule has 2 N–H and O–H groups in total. The number of benzene rings is 2. The summed E-state index contributed by atoms with van der Waals surface area (Å²) in [6.07, 6.45) is 0. The van der Waals surface area contributed by atoms with Crippen LogP contribution in [-0.4, -0.2) is 36.4 Å². The summed E-state index contributed by atoms with van der Waals surface area (Å²) in [7, 11) is 1.54. The van der Waals surface area contributed by atoms with Crippen molar-refractivity contribution in [1.29, 1.82) is 0 Å². The van der Waals surface area contributed by atoms with Crippen molar-refractivity contribution < 1.29 is 19.1 Å². The quantitative estimate of drug-likeness (QED) is 0.612. The molecule has 2 amide bonds. The number of rotatable bonds is 6. The van der Waals surface area contributed by atoms with E-state index in [-0.39, 0.29) is 11.8 Å². The molecule has 0 bridgehead atoms. The number of hydrogen-bond acceptors (Lipinski definition) is 5. The molecule has 1 heterocycles. The summed E-state index contributed by atoms with van der Waals surface area (Å²) in [5.74, 6) is -1.13. The van der Waals surface area contributed by atoms with Gasteiger partial charge in [0.15, 0.2) is 6.61 Å². The number of nitrogens with one attached hydrogen (secondary N) is 2. The van der Waals surface area contributed by atoms with Gasteiger partial charge in [0.1, 0.15) is 0 Å². The first kappa shape index (κ1) is 21.0. The predicted molar refractivity (Wildman–Crippen MR) is 115 cm³/mol. The molecule has 0 fully saturated rings. The number of fused-ring (bicyclic) bond motifs is 1. The highest BCUT2D eigenvalue weighted by Crippen LogP contribution is 2.23. The number of ether oxygens (including phenoxy) is 1. The maximum Gasteiger partial charge on any atom is 0.339 e. The van der Waals surface area contributed by atoms with Crippen LogP contribution in [0.4, 0.5) is 5.69 Å². The molecule has 0 unspecified atom stereocenters. The summed E-state index contributed by atoms with van der Waals surface area (Å²) >= 11 is 0. The van der Waals surface area contributed by atoms with Gasteiger partial charge in [-0.15, -0.1) is 0 Å². The first-order valence-corrected chi connectivity index (χ1v) is 9.58. The van der Waals surface area contributed by atoms with Crippen LogP contribution in [0.15, 0.2) is 54.6 Å². The highest BCUT2D eigenvalue weighted by molar-refractivity contribution is 6.04. The van der Waals surface area contributed by atoms with Gasteiger partial charge in [-0.3, -0.25) is 14.6 Å². The van der Waals surface area contributed by atoms with E-state index in [1.807, 2.05) is 32.0 Å². The topological polar surface area (TPSA) is 97.4 Å².